The third-order valence-electron chi connectivity index (χ3n) is 2.20. The van der Waals surface area contributed by atoms with Gasteiger partial charge in [-0.05, 0) is 13.8 Å². The van der Waals surface area contributed by atoms with E-state index in [1.165, 1.54) is 11.8 Å². The van der Waals surface area contributed by atoms with Gasteiger partial charge < -0.3 is 14.4 Å². The molecular formula is C10H13N5O2S. The standard InChI is InChI=1S/C10H13N5O2S/c1-6-4-8(14-17-6)12-9(16)7(2)18-10-13-11-5-15(10)3/h4-5,7H,1-3H3,(H,12,14,16)/t7-/m0/s1. The van der Waals surface area contributed by atoms with Crippen molar-refractivity contribution in [3.8, 4) is 0 Å². The Kier molecular flexibility index (Phi) is 3.66. The zero-order valence-electron chi connectivity index (χ0n) is 10.2. The van der Waals surface area contributed by atoms with Gasteiger partial charge in [0.15, 0.2) is 11.0 Å². The van der Waals surface area contributed by atoms with E-state index >= 15 is 0 Å². The van der Waals surface area contributed by atoms with Crippen LogP contribution in [0.1, 0.15) is 12.7 Å². The van der Waals surface area contributed by atoms with Crippen molar-refractivity contribution < 1.29 is 9.32 Å². The van der Waals surface area contributed by atoms with Crippen LogP contribution in [0, 0.1) is 6.92 Å². The molecule has 2 rings (SSSR count). The fourth-order valence-corrected chi connectivity index (χ4v) is 2.03. The number of aryl methyl sites for hydroxylation is 2. The van der Waals surface area contributed by atoms with Crippen molar-refractivity contribution in [2.45, 2.75) is 24.3 Å². The van der Waals surface area contributed by atoms with Crippen LogP contribution in [0.25, 0.3) is 0 Å². The normalized spacial score (nSPS) is 12.4. The van der Waals surface area contributed by atoms with Gasteiger partial charge >= 0.3 is 0 Å². The van der Waals surface area contributed by atoms with Gasteiger partial charge in [-0.15, -0.1) is 10.2 Å². The molecule has 1 atom stereocenters. The maximum atomic E-state index is 11.9. The number of aromatic nitrogens is 4. The molecule has 2 aromatic heterocycles. The Morgan fingerprint density at radius 3 is 2.94 bits per heavy atom. The molecule has 96 valence electrons. The fraction of sp³-hybridized carbons (Fsp3) is 0.400. The maximum absolute atomic E-state index is 11.9. The van der Waals surface area contributed by atoms with E-state index in [0.717, 1.165) is 0 Å². The SMILES string of the molecule is Cc1cc(NC(=O)[C@H](C)Sc2nncn2C)no1. The zero-order chi connectivity index (χ0) is 13.1. The van der Waals surface area contributed by atoms with Crippen LogP contribution in [-0.2, 0) is 11.8 Å². The summed E-state index contributed by atoms with van der Waals surface area (Å²) >= 11 is 1.33. The summed E-state index contributed by atoms with van der Waals surface area (Å²) in [7, 11) is 1.83. The molecule has 8 heteroatoms. The van der Waals surface area contributed by atoms with E-state index in [1.54, 1.807) is 30.8 Å². The number of nitrogens with zero attached hydrogens (tertiary/aromatic N) is 4. The van der Waals surface area contributed by atoms with Crippen LogP contribution in [0.2, 0.25) is 0 Å². The van der Waals surface area contributed by atoms with Gasteiger partial charge in [-0.1, -0.05) is 16.9 Å². The molecule has 0 unspecified atom stereocenters. The van der Waals surface area contributed by atoms with Gasteiger partial charge in [-0.25, -0.2) is 0 Å². The Balaban J connectivity index is 1.95. The molecule has 0 aliphatic heterocycles. The molecule has 0 aliphatic rings. The lowest BCUT2D eigenvalue weighted by Crippen LogP contribution is -2.22. The number of hydrogen-bond acceptors (Lipinski definition) is 6. The number of thioether (sulfide) groups is 1. The summed E-state index contributed by atoms with van der Waals surface area (Å²) < 4.78 is 6.63. The average molecular weight is 267 g/mol. The first-order valence-electron chi connectivity index (χ1n) is 5.31. The van der Waals surface area contributed by atoms with Gasteiger partial charge in [0.05, 0.1) is 5.25 Å². The second kappa shape index (κ2) is 5.21. The topological polar surface area (TPSA) is 85.8 Å². The molecule has 0 bridgehead atoms. The second-order valence-corrected chi connectivity index (χ2v) is 5.10. The van der Waals surface area contributed by atoms with Crippen molar-refractivity contribution in [1.82, 2.24) is 19.9 Å². The van der Waals surface area contributed by atoms with E-state index in [0.29, 0.717) is 16.7 Å². The van der Waals surface area contributed by atoms with Crippen LogP contribution in [0.15, 0.2) is 22.1 Å². The Morgan fingerprint density at radius 2 is 2.39 bits per heavy atom. The lowest BCUT2D eigenvalue weighted by molar-refractivity contribution is -0.115. The fourth-order valence-electron chi connectivity index (χ4n) is 1.24. The van der Waals surface area contributed by atoms with E-state index in [9.17, 15) is 4.79 Å². The molecule has 0 radical (unpaired) electrons. The maximum Gasteiger partial charge on any atom is 0.238 e. The molecule has 2 aromatic rings. The minimum Gasteiger partial charge on any atom is -0.360 e. The third kappa shape index (κ3) is 2.89. The van der Waals surface area contributed by atoms with Crippen LogP contribution >= 0.6 is 11.8 Å². The molecule has 0 aromatic carbocycles. The predicted octanol–water partition coefficient (Wildman–Crippen LogP) is 1.23. The van der Waals surface area contributed by atoms with Crippen LogP contribution in [0.4, 0.5) is 5.82 Å². The van der Waals surface area contributed by atoms with Gasteiger partial charge in [-0.3, -0.25) is 4.79 Å². The highest BCUT2D eigenvalue weighted by atomic mass is 32.2. The van der Waals surface area contributed by atoms with E-state index < -0.39 is 0 Å². The number of hydrogen-bond donors (Lipinski definition) is 1. The summed E-state index contributed by atoms with van der Waals surface area (Å²) in [4.78, 5) is 11.9. The lowest BCUT2D eigenvalue weighted by Gasteiger charge is -2.08. The Bertz CT molecular complexity index is 550. The minimum atomic E-state index is -0.301. The second-order valence-electron chi connectivity index (χ2n) is 3.80. The van der Waals surface area contributed by atoms with Crippen LogP contribution in [0.5, 0.6) is 0 Å². The highest BCUT2D eigenvalue weighted by molar-refractivity contribution is 8.00. The number of anilines is 1. The number of amides is 1. The summed E-state index contributed by atoms with van der Waals surface area (Å²) in [5.41, 5.74) is 0. The molecule has 1 N–H and O–H groups in total. The van der Waals surface area contributed by atoms with E-state index in [2.05, 4.69) is 20.7 Å². The highest BCUT2D eigenvalue weighted by Gasteiger charge is 2.18. The van der Waals surface area contributed by atoms with Crippen molar-refractivity contribution in [2.24, 2.45) is 7.05 Å². The zero-order valence-corrected chi connectivity index (χ0v) is 11.1. The summed E-state index contributed by atoms with van der Waals surface area (Å²) in [5.74, 6) is 0.915. The number of rotatable bonds is 4. The Morgan fingerprint density at radius 1 is 1.61 bits per heavy atom. The summed E-state index contributed by atoms with van der Waals surface area (Å²) in [6.45, 7) is 3.56. The summed E-state index contributed by atoms with van der Waals surface area (Å²) in [6.07, 6.45) is 1.59. The van der Waals surface area contributed by atoms with Crippen LogP contribution in [-0.4, -0.2) is 31.1 Å². The molecule has 0 saturated heterocycles. The van der Waals surface area contributed by atoms with Gasteiger partial charge in [0.2, 0.25) is 5.91 Å². The van der Waals surface area contributed by atoms with Crippen LogP contribution in [0.3, 0.4) is 0 Å². The quantitative estimate of drug-likeness (QED) is 0.838. The largest absolute Gasteiger partial charge is 0.360 e. The molecule has 0 saturated carbocycles. The van der Waals surface area contributed by atoms with E-state index in [-0.39, 0.29) is 11.2 Å². The molecule has 0 fully saturated rings. The smallest absolute Gasteiger partial charge is 0.238 e. The van der Waals surface area contributed by atoms with Gasteiger partial charge in [-0.2, -0.15) is 0 Å². The Labute approximate surface area is 108 Å². The molecule has 0 spiro atoms. The number of carbonyl (C=O) groups is 1. The molecule has 18 heavy (non-hydrogen) atoms. The monoisotopic (exact) mass is 267 g/mol. The first kappa shape index (κ1) is 12.6. The minimum absolute atomic E-state index is 0.156. The van der Waals surface area contributed by atoms with Crippen molar-refractivity contribution in [3.05, 3.63) is 18.2 Å². The average Bonchev–Trinajstić information content (AvgIpc) is 2.89. The number of nitrogens with one attached hydrogen (secondary N) is 1. The molecule has 7 nitrogen and oxygen atoms in total. The van der Waals surface area contributed by atoms with Crippen LogP contribution < -0.4 is 5.32 Å². The van der Waals surface area contributed by atoms with Gasteiger partial charge in [0, 0.05) is 13.1 Å². The van der Waals surface area contributed by atoms with Crippen molar-refractivity contribution >= 4 is 23.5 Å². The molecular weight excluding hydrogens is 254 g/mol. The third-order valence-corrected chi connectivity index (χ3v) is 3.35. The molecule has 2 heterocycles. The number of carbonyl (C=O) groups excluding carboxylic acids is 1. The van der Waals surface area contributed by atoms with E-state index in [4.69, 9.17) is 4.52 Å². The highest BCUT2D eigenvalue weighted by Crippen LogP contribution is 2.21. The lowest BCUT2D eigenvalue weighted by atomic mass is 10.4. The van der Waals surface area contributed by atoms with Gasteiger partial charge in [0.1, 0.15) is 12.1 Å². The summed E-state index contributed by atoms with van der Waals surface area (Å²) in [5, 5.41) is 14.4. The van der Waals surface area contributed by atoms with E-state index in [1.807, 2.05) is 7.05 Å². The van der Waals surface area contributed by atoms with Crippen molar-refractivity contribution in [2.75, 3.05) is 5.32 Å². The first-order valence-corrected chi connectivity index (χ1v) is 6.19. The Hall–Kier alpha value is -1.83. The molecule has 0 aliphatic carbocycles. The summed E-state index contributed by atoms with van der Waals surface area (Å²) in [6, 6.07) is 1.66. The predicted molar refractivity (Wildman–Crippen MR) is 66.2 cm³/mol. The van der Waals surface area contributed by atoms with Crippen molar-refractivity contribution in [1.29, 1.82) is 0 Å². The first-order chi connectivity index (χ1) is 8.56. The van der Waals surface area contributed by atoms with Crippen molar-refractivity contribution in [3.63, 3.8) is 0 Å². The van der Waals surface area contributed by atoms with Gasteiger partial charge in [0.25, 0.3) is 0 Å². The molecule has 1 amide bonds.